The molecule has 0 saturated heterocycles. The largest absolute Gasteiger partial charge is 0.351 e. The molecule has 0 bridgehead atoms. The Bertz CT molecular complexity index is 1140. The van der Waals surface area contributed by atoms with Crippen LogP contribution in [0.1, 0.15) is 56.2 Å². The molecule has 2 heterocycles. The van der Waals surface area contributed by atoms with E-state index in [0.29, 0.717) is 21.9 Å². The molecule has 1 aliphatic rings. The predicted molar refractivity (Wildman–Crippen MR) is 133 cm³/mol. The highest BCUT2D eigenvalue weighted by molar-refractivity contribution is 7.80. The van der Waals surface area contributed by atoms with E-state index in [2.05, 4.69) is 36.1 Å². The van der Waals surface area contributed by atoms with Crippen molar-refractivity contribution in [3.8, 4) is 11.4 Å². The van der Waals surface area contributed by atoms with Crippen molar-refractivity contribution >= 4 is 34.5 Å². The number of aromatic nitrogens is 2. The third-order valence-corrected chi connectivity index (χ3v) is 6.30. The molecule has 1 unspecified atom stereocenters. The van der Waals surface area contributed by atoms with Gasteiger partial charge >= 0.3 is 0 Å². The second kappa shape index (κ2) is 9.84. The van der Waals surface area contributed by atoms with Crippen LogP contribution in [0.15, 0.2) is 58.8 Å². The Balaban J connectivity index is 1.77. The molecule has 7 heteroatoms. The number of hydrogen-bond acceptors (Lipinski definition) is 4. The highest BCUT2D eigenvalue weighted by Gasteiger charge is 2.34. The Hall–Kier alpha value is -2.70. The summed E-state index contributed by atoms with van der Waals surface area (Å²) in [5, 5.41) is 9.12. The van der Waals surface area contributed by atoms with E-state index in [4.69, 9.17) is 33.3 Å². The van der Waals surface area contributed by atoms with Crippen LogP contribution in [0.25, 0.3) is 17.0 Å². The molecular weight excluding hydrogens is 440 g/mol. The summed E-state index contributed by atoms with van der Waals surface area (Å²) in [6, 6.07) is 15.6. The van der Waals surface area contributed by atoms with Crippen molar-refractivity contribution in [2.45, 2.75) is 46.1 Å². The summed E-state index contributed by atoms with van der Waals surface area (Å²) in [6.45, 7) is 7.16. The molecule has 3 aromatic rings. The molecule has 0 fully saturated rings. The number of hydrogen-bond donors (Lipinski definition) is 1. The van der Waals surface area contributed by atoms with Gasteiger partial charge in [-0.25, -0.2) is 0 Å². The maximum atomic E-state index is 6.30. The van der Waals surface area contributed by atoms with Gasteiger partial charge in [0.2, 0.25) is 5.82 Å². The number of rotatable bonds is 7. The number of aryl methyl sites for hydroxylation is 1. The Morgan fingerprint density at radius 2 is 1.91 bits per heavy atom. The first-order chi connectivity index (χ1) is 15.5. The van der Waals surface area contributed by atoms with E-state index in [9.17, 15) is 0 Å². The average Bonchev–Trinajstić information content (AvgIpc) is 3.26. The van der Waals surface area contributed by atoms with Gasteiger partial charge < -0.3 is 14.7 Å². The van der Waals surface area contributed by atoms with Crippen molar-refractivity contribution in [3.63, 3.8) is 0 Å². The molecule has 1 N–H and O–H groups in total. The summed E-state index contributed by atoms with van der Waals surface area (Å²) >= 11 is 12.0. The molecule has 0 spiro atoms. The lowest BCUT2D eigenvalue weighted by atomic mass is 9.94. The zero-order valence-corrected chi connectivity index (χ0v) is 20.1. The summed E-state index contributed by atoms with van der Waals surface area (Å²) in [4.78, 5) is 6.90. The molecule has 1 atom stereocenters. The van der Waals surface area contributed by atoms with Crippen molar-refractivity contribution < 1.29 is 4.52 Å². The summed E-state index contributed by atoms with van der Waals surface area (Å²) in [7, 11) is 0. The first-order valence-electron chi connectivity index (χ1n) is 10.9. The van der Waals surface area contributed by atoms with Crippen LogP contribution >= 0.6 is 23.8 Å². The summed E-state index contributed by atoms with van der Waals surface area (Å²) in [5.41, 5.74) is 5.04. The molecular formula is C25H27ClN4OS. The van der Waals surface area contributed by atoms with E-state index in [1.165, 1.54) is 5.56 Å². The van der Waals surface area contributed by atoms with Crippen LogP contribution < -0.4 is 5.32 Å². The van der Waals surface area contributed by atoms with Crippen molar-refractivity contribution in [3.05, 3.63) is 76.3 Å². The number of nitrogens with one attached hydrogen (secondary N) is 1. The molecule has 0 amide bonds. The number of allylic oxidation sites excluding steroid dienone is 1. The average molecular weight is 467 g/mol. The van der Waals surface area contributed by atoms with Crippen LogP contribution in [-0.4, -0.2) is 26.7 Å². The summed E-state index contributed by atoms with van der Waals surface area (Å²) < 4.78 is 5.79. The van der Waals surface area contributed by atoms with Gasteiger partial charge in [0.05, 0.1) is 11.6 Å². The van der Waals surface area contributed by atoms with Crippen molar-refractivity contribution in [2.24, 2.45) is 0 Å². The maximum absolute atomic E-state index is 6.30. The number of halogens is 1. The quantitative estimate of drug-likeness (QED) is 0.314. The highest BCUT2D eigenvalue weighted by Crippen LogP contribution is 2.38. The molecule has 2 aromatic carbocycles. The molecule has 0 saturated carbocycles. The first-order valence-corrected chi connectivity index (χ1v) is 11.7. The molecule has 166 valence electrons. The number of benzene rings is 2. The second-order valence-corrected chi connectivity index (χ2v) is 8.91. The number of nitrogens with zero attached hydrogens (tertiary/aromatic N) is 3. The fourth-order valence-corrected chi connectivity index (χ4v) is 4.48. The zero-order valence-electron chi connectivity index (χ0n) is 18.6. The SMILES string of the molecule is CCCCCN1C(=S)NC(c2cccc(Cl)c2)C(c2nc(-c3ccc(C)cc3)no2)=C1C. The highest BCUT2D eigenvalue weighted by atomic mass is 35.5. The van der Waals surface area contributed by atoms with E-state index in [0.717, 1.165) is 48.2 Å². The van der Waals surface area contributed by atoms with Crippen molar-refractivity contribution in [2.75, 3.05) is 6.54 Å². The van der Waals surface area contributed by atoms with Gasteiger partial charge in [-0.1, -0.05) is 78.5 Å². The third kappa shape index (κ3) is 4.71. The molecule has 1 aliphatic heterocycles. The van der Waals surface area contributed by atoms with Crippen LogP contribution in [0.5, 0.6) is 0 Å². The zero-order chi connectivity index (χ0) is 22.7. The monoisotopic (exact) mass is 466 g/mol. The van der Waals surface area contributed by atoms with E-state index in [1.807, 2.05) is 48.5 Å². The number of thiocarbonyl (C=S) groups is 1. The number of unbranched alkanes of at least 4 members (excludes halogenated alkanes) is 2. The molecule has 0 aliphatic carbocycles. The van der Waals surface area contributed by atoms with Gasteiger partial charge in [-0.2, -0.15) is 4.98 Å². The molecule has 0 radical (unpaired) electrons. The van der Waals surface area contributed by atoms with E-state index < -0.39 is 0 Å². The Labute approximate surface area is 199 Å². The standard InChI is InChI=1S/C25H27ClN4OS/c1-4-5-6-14-30-17(3)21(22(27-25(30)32)19-8-7-9-20(26)15-19)24-28-23(29-31-24)18-12-10-16(2)11-13-18/h7-13,15,22H,4-6,14H2,1-3H3,(H,27,32). The van der Waals surface area contributed by atoms with Crippen molar-refractivity contribution in [1.29, 1.82) is 0 Å². The normalized spacial score (nSPS) is 16.4. The Kier molecular flexibility index (Phi) is 6.92. The fourth-order valence-electron chi connectivity index (χ4n) is 3.94. The lowest BCUT2D eigenvalue weighted by molar-refractivity contribution is 0.395. The van der Waals surface area contributed by atoms with Crippen LogP contribution in [0.4, 0.5) is 0 Å². The lowest BCUT2D eigenvalue weighted by Crippen LogP contribution is -2.46. The van der Waals surface area contributed by atoms with Crippen molar-refractivity contribution in [1.82, 2.24) is 20.4 Å². The lowest BCUT2D eigenvalue weighted by Gasteiger charge is -2.37. The third-order valence-electron chi connectivity index (χ3n) is 5.73. The van der Waals surface area contributed by atoms with Crippen LogP contribution in [-0.2, 0) is 0 Å². The smallest absolute Gasteiger partial charge is 0.258 e. The topological polar surface area (TPSA) is 54.2 Å². The van der Waals surface area contributed by atoms with Crippen LogP contribution in [0.2, 0.25) is 5.02 Å². The van der Waals surface area contributed by atoms with Gasteiger partial charge in [-0.3, -0.25) is 0 Å². The maximum Gasteiger partial charge on any atom is 0.258 e. The second-order valence-electron chi connectivity index (χ2n) is 8.08. The summed E-state index contributed by atoms with van der Waals surface area (Å²) in [6.07, 6.45) is 3.36. The Morgan fingerprint density at radius 3 is 2.62 bits per heavy atom. The minimum Gasteiger partial charge on any atom is -0.351 e. The predicted octanol–water partition coefficient (Wildman–Crippen LogP) is 6.55. The van der Waals surface area contributed by atoms with Gasteiger partial charge in [0.25, 0.3) is 5.89 Å². The van der Waals surface area contributed by atoms with Gasteiger partial charge in [-0.15, -0.1) is 0 Å². The van der Waals surface area contributed by atoms with Crippen LogP contribution in [0.3, 0.4) is 0 Å². The molecule has 32 heavy (non-hydrogen) atoms. The van der Waals surface area contributed by atoms with E-state index in [-0.39, 0.29) is 6.04 Å². The van der Waals surface area contributed by atoms with Gasteiger partial charge in [0, 0.05) is 22.8 Å². The van der Waals surface area contributed by atoms with Gasteiger partial charge in [-0.05, 0) is 50.2 Å². The van der Waals surface area contributed by atoms with Gasteiger partial charge in [0.1, 0.15) is 0 Å². The molecule has 4 rings (SSSR count). The first kappa shape index (κ1) is 22.5. The fraction of sp³-hybridized carbons (Fsp3) is 0.320. The molecule has 5 nitrogen and oxygen atoms in total. The van der Waals surface area contributed by atoms with Crippen LogP contribution in [0, 0.1) is 6.92 Å². The van der Waals surface area contributed by atoms with E-state index in [1.54, 1.807) is 0 Å². The van der Waals surface area contributed by atoms with E-state index >= 15 is 0 Å². The van der Waals surface area contributed by atoms with Gasteiger partial charge in [0.15, 0.2) is 5.11 Å². The minimum absolute atomic E-state index is 0.227. The summed E-state index contributed by atoms with van der Waals surface area (Å²) in [5.74, 6) is 1.05. The molecule has 1 aromatic heterocycles. The Morgan fingerprint density at radius 1 is 1.12 bits per heavy atom. The minimum atomic E-state index is -0.227.